The van der Waals surface area contributed by atoms with Crippen molar-refractivity contribution in [1.82, 2.24) is 4.98 Å². The molecule has 0 saturated heterocycles. The van der Waals surface area contributed by atoms with Gasteiger partial charge in [0.1, 0.15) is 0 Å². The SMILES string of the molecule is CCCCN(CCO)c1c(N)cnc2ccccc12. The second-order valence-corrected chi connectivity index (χ2v) is 4.64. The first-order valence-corrected chi connectivity index (χ1v) is 6.77. The van der Waals surface area contributed by atoms with Gasteiger partial charge in [0.15, 0.2) is 0 Å². The van der Waals surface area contributed by atoms with Gasteiger partial charge >= 0.3 is 0 Å². The van der Waals surface area contributed by atoms with Crippen LogP contribution in [0.25, 0.3) is 10.9 Å². The minimum atomic E-state index is 0.125. The normalized spacial score (nSPS) is 10.8. The smallest absolute Gasteiger partial charge is 0.0745 e. The summed E-state index contributed by atoms with van der Waals surface area (Å²) < 4.78 is 0. The summed E-state index contributed by atoms with van der Waals surface area (Å²) in [7, 11) is 0. The maximum atomic E-state index is 9.26. The van der Waals surface area contributed by atoms with Crippen molar-refractivity contribution in [2.45, 2.75) is 19.8 Å². The minimum absolute atomic E-state index is 0.125. The third-order valence-electron chi connectivity index (χ3n) is 3.24. The molecule has 1 aromatic heterocycles. The van der Waals surface area contributed by atoms with Crippen molar-refractivity contribution in [3.8, 4) is 0 Å². The largest absolute Gasteiger partial charge is 0.396 e. The van der Waals surface area contributed by atoms with Crippen LogP contribution in [0.15, 0.2) is 30.5 Å². The van der Waals surface area contributed by atoms with Gasteiger partial charge in [-0.1, -0.05) is 31.5 Å². The Hall–Kier alpha value is -1.81. The van der Waals surface area contributed by atoms with Crippen LogP contribution in [-0.4, -0.2) is 29.8 Å². The number of aliphatic hydroxyl groups is 1. The number of nitrogen functional groups attached to an aromatic ring is 1. The molecule has 0 radical (unpaired) electrons. The lowest BCUT2D eigenvalue weighted by Crippen LogP contribution is -2.28. The number of para-hydroxylation sites is 1. The van der Waals surface area contributed by atoms with E-state index < -0.39 is 0 Å². The van der Waals surface area contributed by atoms with Gasteiger partial charge < -0.3 is 15.7 Å². The van der Waals surface area contributed by atoms with Crippen molar-refractivity contribution >= 4 is 22.3 Å². The number of aliphatic hydroxyl groups excluding tert-OH is 1. The van der Waals surface area contributed by atoms with Gasteiger partial charge in [0.05, 0.1) is 29.7 Å². The van der Waals surface area contributed by atoms with Crippen molar-refractivity contribution < 1.29 is 5.11 Å². The Morgan fingerprint density at radius 3 is 2.79 bits per heavy atom. The Morgan fingerprint density at radius 2 is 2.05 bits per heavy atom. The van der Waals surface area contributed by atoms with Crippen LogP contribution >= 0.6 is 0 Å². The average Bonchev–Trinajstić information content (AvgIpc) is 2.44. The van der Waals surface area contributed by atoms with Gasteiger partial charge in [-0.15, -0.1) is 0 Å². The molecular weight excluding hydrogens is 238 g/mol. The third kappa shape index (κ3) is 2.96. The highest BCUT2D eigenvalue weighted by Crippen LogP contribution is 2.31. The summed E-state index contributed by atoms with van der Waals surface area (Å²) in [5.74, 6) is 0. The quantitative estimate of drug-likeness (QED) is 0.836. The van der Waals surface area contributed by atoms with E-state index in [4.69, 9.17) is 5.73 Å². The molecular formula is C15H21N3O. The number of nitrogens with zero attached hydrogens (tertiary/aromatic N) is 2. The van der Waals surface area contributed by atoms with Gasteiger partial charge in [0, 0.05) is 18.5 Å². The molecule has 0 bridgehead atoms. The minimum Gasteiger partial charge on any atom is -0.396 e. The maximum absolute atomic E-state index is 9.26. The van der Waals surface area contributed by atoms with Gasteiger partial charge in [-0.2, -0.15) is 0 Å². The predicted octanol–water partition coefficient (Wildman–Crippen LogP) is 2.42. The van der Waals surface area contributed by atoms with Crippen LogP contribution in [0.4, 0.5) is 11.4 Å². The number of anilines is 2. The lowest BCUT2D eigenvalue weighted by molar-refractivity contribution is 0.301. The Kier molecular flexibility index (Phi) is 4.58. The van der Waals surface area contributed by atoms with Crippen molar-refractivity contribution in [1.29, 1.82) is 0 Å². The summed E-state index contributed by atoms with van der Waals surface area (Å²) in [6, 6.07) is 7.97. The lowest BCUT2D eigenvalue weighted by Gasteiger charge is -2.26. The highest BCUT2D eigenvalue weighted by Gasteiger charge is 2.13. The Morgan fingerprint density at radius 1 is 1.26 bits per heavy atom. The predicted molar refractivity (Wildman–Crippen MR) is 80.4 cm³/mol. The van der Waals surface area contributed by atoms with Crippen molar-refractivity contribution in [2.75, 3.05) is 30.3 Å². The first-order valence-electron chi connectivity index (χ1n) is 6.77. The number of hydrogen-bond donors (Lipinski definition) is 2. The van der Waals surface area contributed by atoms with Crippen LogP contribution < -0.4 is 10.6 Å². The standard InChI is InChI=1S/C15H21N3O/c1-2-3-8-18(9-10-19)15-12-6-4-5-7-14(12)17-11-13(15)16/h4-7,11,19H,2-3,8-10,16H2,1H3. The molecule has 1 heterocycles. The van der Waals surface area contributed by atoms with Gasteiger partial charge in [0.25, 0.3) is 0 Å². The van der Waals surface area contributed by atoms with Crippen LogP contribution in [0.3, 0.4) is 0 Å². The van der Waals surface area contributed by atoms with E-state index in [1.807, 2.05) is 24.3 Å². The number of benzene rings is 1. The molecule has 0 atom stereocenters. The molecule has 0 aliphatic heterocycles. The van der Waals surface area contributed by atoms with Crippen molar-refractivity contribution in [3.63, 3.8) is 0 Å². The first-order chi connectivity index (χ1) is 9.27. The number of aromatic nitrogens is 1. The molecule has 0 saturated carbocycles. The molecule has 0 spiro atoms. The van der Waals surface area contributed by atoms with Crippen LogP contribution in [0.5, 0.6) is 0 Å². The van der Waals surface area contributed by atoms with Gasteiger partial charge in [-0.25, -0.2) is 0 Å². The summed E-state index contributed by atoms with van der Waals surface area (Å²) >= 11 is 0. The number of pyridine rings is 1. The summed E-state index contributed by atoms with van der Waals surface area (Å²) in [4.78, 5) is 6.51. The Labute approximate surface area is 113 Å². The Bertz CT molecular complexity index is 542. The monoisotopic (exact) mass is 259 g/mol. The lowest BCUT2D eigenvalue weighted by atomic mass is 10.1. The second kappa shape index (κ2) is 6.38. The van der Waals surface area contributed by atoms with Crippen molar-refractivity contribution in [3.05, 3.63) is 30.5 Å². The summed E-state index contributed by atoms with van der Waals surface area (Å²) in [5.41, 5.74) is 8.70. The van der Waals surface area contributed by atoms with E-state index >= 15 is 0 Å². The molecule has 1 aromatic carbocycles. The van der Waals surface area contributed by atoms with Crippen LogP contribution in [0.2, 0.25) is 0 Å². The molecule has 19 heavy (non-hydrogen) atoms. The fourth-order valence-corrected chi connectivity index (χ4v) is 2.30. The molecule has 3 N–H and O–H groups in total. The number of fused-ring (bicyclic) bond motifs is 1. The molecule has 4 heteroatoms. The van der Waals surface area contributed by atoms with Crippen LogP contribution in [0.1, 0.15) is 19.8 Å². The number of rotatable bonds is 6. The third-order valence-corrected chi connectivity index (χ3v) is 3.24. The number of hydrogen-bond acceptors (Lipinski definition) is 4. The zero-order valence-electron chi connectivity index (χ0n) is 11.3. The first kappa shape index (κ1) is 13.6. The van der Waals surface area contributed by atoms with Crippen molar-refractivity contribution in [2.24, 2.45) is 0 Å². The molecule has 2 rings (SSSR count). The second-order valence-electron chi connectivity index (χ2n) is 4.64. The molecule has 0 aliphatic carbocycles. The van der Waals surface area contributed by atoms with E-state index in [2.05, 4.69) is 16.8 Å². The summed E-state index contributed by atoms with van der Waals surface area (Å²) in [5, 5.41) is 10.3. The molecule has 0 unspecified atom stereocenters. The topological polar surface area (TPSA) is 62.4 Å². The van der Waals surface area contributed by atoms with E-state index in [-0.39, 0.29) is 6.61 Å². The maximum Gasteiger partial charge on any atom is 0.0745 e. The fourth-order valence-electron chi connectivity index (χ4n) is 2.30. The van der Waals surface area contributed by atoms with E-state index in [0.717, 1.165) is 36.0 Å². The molecule has 4 nitrogen and oxygen atoms in total. The van der Waals surface area contributed by atoms with Gasteiger partial charge in [-0.05, 0) is 12.5 Å². The molecule has 0 amide bonds. The highest BCUT2D eigenvalue weighted by atomic mass is 16.3. The van der Waals surface area contributed by atoms with E-state index in [1.165, 1.54) is 0 Å². The molecule has 0 fully saturated rings. The fraction of sp³-hybridized carbons (Fsp3) is 0.400. The summed E-state index contributed by atoms with van der Waals surface area (Å²) in [6.45, 7) is 3.78. The van der Waals surface area contributed by atoms with E-state index in [9.17, 15) is 5.11 Å². The zero-order chi connectivity index (χ0) is 13.7. The zero-order valence-corrected chi connectivity index (χ0v) is 11.3. The van der Waals surface area contributed by atoms with E-state index in [1.54, 1.807) is 6.20 Å². The van der Waals surface area contributed by atoms with Gasteiger partial charge in [0.2, 0.25) is 0 Å². The number of unbranched alkanes of at least 4 members (excludes halogenated alkanes) is 1. The average molecular weight is 259 g/mol. The molecule has 102 valence electrons. The van der Waals surface area contributed by atoms with Crippen LogP contribution in [0, 0.1) is 0 Å². The van der Waals surface area contributed by atoms with E-state index in [0.29, 0.717) is 12.2 Å². The Balaban J connectivity index is 2.47. The highest BCUT2D eigenvalue weighted by molar-refractivity contribution is 5.97. The van der Waals surface area contributed by atoms with Gasteiger partial charge in [-0.3, -0.25) is 4.98 Å². The molecule has 2 aromatic rings. The number of nitrogens with two attached hydrogens (primary N) is 1. The molecule has 0 aliphatic rings. The van der Waals surface area contributed by atoms with Crippen LogP contribution in [-0.2, 0) is 0 Å². The summed E-state index contributed by atoms with van der Waals surface area (Å²) in [6.07, 6.45) is 3.90.